The van der Waals surface area contributed by atoms with E-state index < -0.39 is 6.10 Å². The number of aliphatic hydroxyl groups excluding tert-OH is 1. The van der Waals surface area contributed by atoms with Crippen LogP contribution in [0.4, 0.5) is 0 Å². The Morgan fingerprint density at radius 3 is 2.53 bits per heavy atom. The maximum atomic E-state index is 10.4. The Kier molecular flexibility index (Phi) is 3.85. The van der Waals surface area contributed by atoms with Gasteiger partial charge < -0.3 is 10.8 Å². The molecule has 0 heterocycles. The maximum Gasteiger partial charge on any atom is 0.0760 e. The van der Waals surface area contributed by atoms with Crippen LogP contribution in [0.5, 0.6) is 0 Å². The van der Waals surface area contributed by atoms with Gasteiger partial charge in [0, 0.05) is 0 Å². The van der Waals surface area contributed by atoms with Crippen LogP contribution in [-0.2, 0) is 0 Å². The summed E-state index contributed by atoms with van der Waals surface area (Å²) in [5.74, 6) is 0.393. The number of nitrogens with two attached hydrogens (primary N) is 1. The van der Waals surface area contributed by atoms with Gasteiger partial charge >= 0.3 is 0 Å². The van der Waals surface area contributed by atoms with Crippen LogP contribution in [0, 0.1) is 19.8 Å². The van der Waals surface area contributed by atoms with Gasteiger partial charge in [-0.1, -0.05) is 31.0 Å². The van der Waals surface area contributed by atoms with Crippen molar-refractivity contribution in [3.63, 3.8) is 0 Å². The van der Waals surface area contributed by atoms with Crippen molar-refractivity contribution >= 4 is 0 Å². The van der Waals surface area contributed by atoms with E-state index in [0.29, 0.717) is 5.92 Å². The van der Waals surface area contributed by atoms with Gasteiger partial charge in [-0.2, -0.15) is 0 Å². The lowest BCUT2D eigenvalue weighted by molar-refractivity contribution is 0.0843. The van der Waals surface area contributed by atoms with Crippen molar-refractivity contribution in [3.05, 3.63) is 34.9 Å². The molecule has 17 heavy (non-hydrogen) atoms. The van der Waals surface area contributed by atoms with E-state index >= 15 is 0 Å². The van der Waals surface area contributed by atoms with Gasteiger partial charge in [0.15, 0.2) is 0 Å². The highest BCUT2D eigenvalue weighted by Crippen LogP contribution is 2.33. The van der Waals surface area contributed by atoms with E-state index in [-0.39, 0.29) is 6.04 Å². The Morgan fingerprint density at radius 2 is 1.88 bits per heavy atom. The summed E-state index contributed by atoms with van der Waals surface area (Å²) in [6.45, 7) is 4.18. The third-order valence-corrected chi connectivity index (χ3v) is 4.26. The molecule has 0 aromatic heterocycles. The zero-order valence-electron chi connectivity index (χ0n) is 10.8. The molecular formula is C15H23NO. The van der Waals surface area contributed by atoms with Crippen molar-refractivity contribution in [3.8, 4) is 0 Å². The highest BCUT2D eigenvalue weighted by molar-refractivity contribution is 5.35. The highest BCUT2D eigenvalue weighted by atomic mass is 16.3. The van der Waals surface area contributed by atoms with Crippen molar-refractivity contribution in [2.75, 3.05) is 0 Å². The van der Waals surface area contributed by atoms with E-state index in [2.05, 4.69) is 19.9 Å². The third kappa shape index (κ3) is 2.53. The average Bonchev–Trinajstić information content (AvgIpc) is 2.84. The van der Waals surface area contributed by atoms with Gasteiger partial charge in [-0.3, -0.25) is 0 Å². The molecule has 1 aromatic rings. The summed E-state index contributed by atoms with van der Waals surface area (Å²) in [6, 6.07) is 5.93. The Labute approximate surface area is 104 Å². The molecule has 1 aliphatic carbocycles. The summed E-state index contributed by atoms with van der Waals surface area (Å²) >= 11 is 0. The summed E-state index contributed by atoms with van der Waals surface area (Å²) in [6.07, 6.45) is 4.33. The second-order valence-electron chi connectivity index (χ2n) is 5.35. The third-order valence-electron chi connectivity index (χ3n) is 4.26. The van der Waals surface area contributed by atoms with E-state index in [1.54, 1.807) is 0 Å². The Balaban J connectivity index is 2.18. The van der Waals surface area contributed by atoms with Gasteiger partial charge in [0.1, 0.15) is 0 Å². The smallest absolute Gasteiger partial charge is 0.0760 e. The molecular weight excluding hydrogens is 210 g/mol. The number of rotatable bonds is 3. The van der Waals surface area contributed by atoms with Gasteiger partial charge in [-0.15, -0.1) is 0 Å². The molecule has 2 rings (SSSR count). The fraction of sp³-hybridized carbons (Fsp3) is 0.600. The molecule has 0 saturated heterocycles. The molecule has 0 unspecified atom stereocenters. The molecule has 0 amide bonds. The van der Waals surface area contributed by atoms with E-state index in [9.17, 15) is 5.11 Å². The largest absolute Gasteiger partial charge is 0.391 e. The lowest BCUT2D eigenvalue weighted by atomic mass is 9.88. The van der Waals surface area contributed by atoms with Gasteiger partial charge in [0.05, 0.1) is 12.1 Å². The van der Waals surface area contributed by atoms with Crippen LogP contribution in [0.15, 0.2) is 18.2 Å². The molecule has 1 saturated carbocycles. The number of hydrogen-bond donors (Lipinski definition) is 2. The molecule has 1 fully saturated rings. The first-order chi connectivity index (χ1) is 8.11. The summed E-state index contributed by atoms with van der Waals surface area (Å²) in [7, 11) is 0. The first-order valence-corrected chi connectivity index (χ1v) is 6.61. The number of benzene rings is 1. The second-order valence-corrected chi connectivity index (χ2v) is 5.35. The number of hydrogen-bond acceptors (Lipinski definition) is 2. The SMILES string of the molecule is Cc1cccc([C@H](N)[C@H](O)C2CCCC2)c1C. The van der Waals surface area contributed by atoms with Crippen molar-refractivity contribution in [1.82, 2.24) is 0 Å². The van der Waals surface area contributed by atoms with E-state index in [0.717, 1.165) is 18.4 Å². The Hall–Kier alpha value is -0.860. The predicted octanol–water partition coefficient (Wildman–Crippen LogP) is 2.85. The van der Waals surface area contributed by atoms with Crippen molar-refractivity contribution in [2.24, 2.45) is 11.7 Å². The molecule has 0 spiro atoms. The fourth-order valence-electron chi connectivity index (χ4n) is 2.91. The fourth-order valence-corrected chi connectivity index (χ4v) is 2.91. The number of aryl methyl sites for hydroxylation is 1. The summed E-state index contributed by atoms with van der Waals surface area (Å²) in [5.41, 5.74) is 9.81. The van der Waals surface area contributed by atoms with Crippen LogP contribution in [0.2, 0.25) is 0 Å². The first-order valence-electron chi connectivity index (χ1n) is 6.61. The molecule has 94 valence electrons. The molecule has 2 atom stereocenters. The predicted molar refractivity (Wildman–Crippen MR) is 70.8 cm³/mol. The quantitative estimate of drug-likeness (QED) is 0.843. The van der Waals surface area contributed by atoms with Crippen molar-refractivity contribution in [1.29, 1.82) is 0 Å². The van der Waals surface area contributed by atoms with Crippen LogP contribution in [-0.4, -0.2) is 11.2 Å². The van der Waals surface area contributed by atoms with Crippen LogP contribution in [0.3, 0.4) is 0 Å². The molecule has 1 aromatic carbocycles. The Bertz CT molecular complexity index is 383. The zero-order valence-corrected chi connectivity index (χ0v) is 10.8. The normalized spacial score (nSPS) is 20.5. The van der Waals surface area contributed by atoms with Gasteiger partial charge in [-0.25, -0.2) is 0 Å². The van der Waals surface area contributed by atoms with Crippen molar-refractivity contribution < 1.29 is 5.11 Å². The number of aliphatic hydroxyl groups is 1. The van der Waals surface area contributed by atoms with Gasteiger partial charge in [-0.05, 0) is 49.3 Å². The van der Waals surface area contributed by atoms with Crippen LogP contribution >= 0.6 is 0 Å². The standard InChI is InChI=1S/C15H23NO/c1-10-6-5-9-13(11(10)2)14(16)15(17)12-7-3-4-8-12/h5-6,9,12,14-15,17H,3-4,7-8,16H2,1-2H3/t14-,15+/m0/s1. The first kappa shape index (κ1) is 12.6. The van der Waals surface area contributed by atoms with Gasteiger partial charge in [0.2, 0.25) is 0 Å². The highest BCUT2D eigenvalue weighted by Gasteiger charge is 2.29. The van der Waals surface area contributed by atoms with E-state index in [1.165, 1.54) is 24.0 Å². The van der Waals surface area contributed by atoms with Crippen molar-refractivity contribution in [2.45, 2.75) is 51.7 Å². The summed E-state index contributed by atoms with van der Waals surface area (Å²) in [5, 5.41) is 10.4. The molecule has 0 radical (unpaired) electrons. The average molecular weight is 233 g/mol. The monoisotopic (exact) mass is 233 g/mol. The molecule has 3 N–H and O–H groups in total. The molecule has 0 bridgehead atoms. The summed E-state index contributed by atoms with van der Waals surface area (Å²) in [4.78, 5) is 0. The topological polar surface area (TPSA) is 46.2 Å². The maximum absolute atomic E-state index is 10.4. The van der Waals surface area contributed by atoms with Crippen LogP contribution in [0.1, 0.15) is 48.4 Å². The van der Waals surface area contributed by atoms with E-state index in [4.69, 9.17) is 5.73 Å². The van der Waals surface area contributed by atoms with E-state index in [1.807, 2.05) is 12.1 Å². The molecule has 2 heteroatoms. The Morgan fingerprint density at radius 1 is 1.24 bits per heavy atom. The minimum atomic E-state index is -0.391. The van der Waals surface area contributed by atoms with Gasteiger partial charge in [0.25, 0.3) is 0 Å². The minimum absolute atomic E-state index is 0.238. The molecule has 0 aliphatic heterocycles. The molecule has 1 aliphatic rings. The second kappa shape index (κ2) is 5.19. The minimum Gasteiger partial charge on any atom is -0.391 e. The van der Waals surface area contributed by atoms with Crippen LogP contribution in [0.25, 0.3) is 0 Å². The lowest BCUT2D eigenvalue weighted by Crippen LogP contribution is -2.32. The lowest BCUT2D eigenvalue weighted by Gasteiger charge is -2.26. The van der Waals surface area contributed by atoms with Crippen LogP contribution < -0.4 is 5.73 Å². The zero-order chi connectivity index (χ0) is 12.4. The summed E-state index contributed by atoms with van der Waals surface area (Å²) < 4.78 is 0. The molecule has 2 nitrogen and oxygen atoms in total.